The molecule has 0 saturated heterocycles. The van der Waals surface area contributed by atoms with Crippen LogP contribution in [-0.2, 0) is 11.3 Å². The lowest BCUT2D eigenvalue weighted by atomic mass is 10.3. The zero-order valence-electron chi connectivity index (χ0n) is 12.2. The number of hydrogen-bond acceptors (Lipinski definition) is 5. The summed E-state index contributed by atoms with van der Waals surface area (Å²) in [7, 11) is 0. The van der Waals surface area contributed by atoms with Gasteiger partial charge in [0.1, 0.15) is 24.0 Å². The standard InChI is InChI=1S/C15H19N3O3/c1-3-20-15(19)13-14(16)18(11(2)17-13)9-10-21-12-7-5-4-6-8-12/h4-8H,3,9-10,16H2,1-2H3. The highest BCUT2D eigenvalue weighted by Crippen LogP contribution is 2.16. The van der Waals surface area contributed by atoms with Gasteiger partial charge in [-0.15, -0.1) is 0 Å². The first kappa shape index (κ1) is 14.9. The molecule has 0 radical (unpaired) electrons. The van der Waals surface area contributed by atoms with Crippen LogP contribution in [0.4, 0.5) is 5.82 Å². The van der Waals surface area contributed by atoms with Gasteiger partial charge in [0.15, 0.2) is 5.69 Å². The minimum atomic E-state index is -0.499. The monoisotopic (exact) mass is 289 g/mol. The molecule has 1 aromatic carbocycles. The smallest absolute Gasteiger partial charge is 0.360 e. The molecule has 0 aliphatic carbocycles. The Morgan fingerprint density at radius 2 is 2.05 bits per heavy atom. The number of aryl methyl sites for hydroxylation is 1. The SMILES string of the molecule is CCOC(=O)c1nc(C)n(CCOc2ccccc2)c1N. The zero-order chi connectivity index (χ0) is 15.2. The molecule has 1 aromatic heterocycles. The van der Waals surface area contributed by atoms with Crippen molar-refractivity contribution in [3.63, 3.8) is 0 Å². The molecule has 0 bridgehead atoms. The number of rotatable bonds is 6. The molecule has 0 amide bonds. The lowest BCUT2D eigenvalue weighted by Crippen LogP contribution is -2.13. The Balaban J connectivity index is 2.02. The first-order chi connectivity index (χ1) is 10.1. The average Bonchev–Trinajstić information content (AvgIpc) is 2.76. The number of nitrogens with two attached hydrogens (primary N) is 1. The number of anilines is 1. The fourth-order valence-corrected chi connectivity index (χ4v) is 1.99. The molecule has 112 valence electrons. The first-order valence-electron chi connectivity index (χ1n) is 6.81. The van der Waals surface area contributed by atoms with Crippen LogP contribution in [0.25, 0.3) is 0 Å². The molecule has 0 spiro atoms. The van der Waals surface area contributed by atoms with E-state index in [2.05, 4.69) is 4.98 Å². The van der Waals surface area contributed by atoms with E-state index in [4.69, 9.17) is 15.2 Å². The topological polar surface area (TPSA) is 79.4 Å². The summed E-state index contributed by atoms with van der Waals surface area (Å²) in [6.07, 6.45) is 0. The molecule has 2 aromatic rings. The quantitative estimate of drug-likeness (QED) is 0.823. The molecule has 6 nitrogen and oxygen atoms in total. The maximum absolute atomic E-state index is 11.7. The summed E-state index contributed by atoms with van der Waals surface area (Å²) >= 11 is 0. The van der Waals surface area contributed by atoms with Crippen molar-refractivity contribution in [1.29, 1.82) is 0 Å². The summed E-state index contributed by atoms with van der Waals surface area (Å²) in [4.78, 5) is 15.9. The molecule has 21 heavy (non-hydrogen) atoms. The summed E-state index contributed by atoms with van der Waals surface area (Å²) in [6, 6.07) is 9.51. The first-order valence-corrected chi connectivity index (χ1v) is 6.81. The highest BCUT2D eigenvalue weighted by Gasteiger charge is 2.19. The van der Waals surface area contributed by atoms with Crippen LogP contribution in [0.5, 0.6) is 5.75 Å². The second-order valence-corrected chi connectivity index (χ2v) is 4.43. The molecule has 6 heteroatoms. The normalized spacial score (nSPS) is 10.4. The third-order valence-electron chi connectivity index (χ3n) is 2.99. The van der Waals surface area contributed by atoms with Crippen molar-refractivity contribution in [2.24, 2.45) is 0 Å². The highest BCUT2D eigenvalue weighted by atomic mass is 16.5. The Hall–Kier alpha value is -2.50. The maximum atomic E-state index is 11.7. The van der Waals surface area contributed by atoms with Gasteiger partial charge in [0.25, 0.3) is 0 Å². The minimum Gasteiger partial charge on any atom is -0.492 e. The third-order valence-corrected chi connectivity index (χ3v) is 2.99. The van der Waals surface area contributed by atoms with Crippen molar-refractivity contribution in [1.82, 2.24) is 9.55 Å². The van der Waals surface area contributed by atoms with Gasteiger partial charge in [0, 0.05) is 0 Å². The Kier molecular flexibility index (Phi) is 4.81. The van der Waals surface area contributed by atoms with E-state index in [1.54, 1.807) is 18.4 Å². The molecule has 0 saturated carbocycles. The van der Waals surface area contributed by atoms with Crippen LogP contribution in [0.2, 0.25) is 0 Å². The number of carbonyl (C=O) groups is 1. The Bertz CT molecular complexity index is 608. The second-order valence-electron chi connectivity index (χ2n) is 4.43. The molecule has 2 N–H and O–H groups in total. The number of para-hydroxylation sites is 1. The fraction of sp³-hybridized carbons (Fsp3) is 0.333. The lowest BCUT2D eigenvalue weighted by Gasteiger charge is -2.09. The molecular formula is C15H19N3O3. The van der Waals surface area contributed by atoms with Gasteiger partial charge in [-0.1, -0.05) is 18.2 Å². The van der Waals surface area contributed by atoms with E-state index in [-0.39, 0.29) is 5.69 Å². The van der Waals surface area contributed by atoms with Gasteiger partial charge in [0.2, 0.25) is 0 Å². The van der Waals surface area contributed by atoms with Crippen LogP contribution in [0.3, 0.4) is 0 Å². The molecule has 0 fully saturated rings. The molecule has 0 aliphatic rings. The predicted octanol–water partition coefficient (Wildman–Crippen LogP) is 2.03. The Morgan fingerprint density at radius 1 is 1.33 bits per heavy atom. The largest absolute Gasteiger partial charge is 0.492 e. The third kappa shape index (κ3) is 3.53. The van der Waals surface area contributed by atoms with Crippen molar-refractivity contribution >= 4 is 11.8 Å². The summed E-state index contributed by atoms with van der Waals surface area (Å²) in [6.45, 7) is 4.78. The van der Waals surface area contributed by atoms with E-state index in [0.717, 1.165) is 5.75 Å². The fourth-order valence-electron chi connectivity index (χ4n) is 1.99. The van der Waals surface area contributed by atoms with E-state index >= 15 is 0 Å². The number of imidazole rings is 1. The number of nitrogens with zero attached hydrogens (tertiary/aromatic N) is 2. The van der Waals surface area contributed by atoms with Gasteiger partial charge >= 0.3 is 5.97 Å². The van der Waals surface area contributed by atoms with Gasteiger partial charge < -0.3 is 19.8 Å². The highest BCUT2D eigenvalue weighted by molar-refractivity contribution is 5.92. The van der Waals surface area contributed by atoms with Gasteiger partial charge in [-0.3, -0.25) is 0 Å². The van der Waals surface area contributed by atoms with Crippen molar-refractivity contribution in [2.75, 3.05) is 18.9 Å². The molecule has 0 atom stereocenters. The minimum absolute atomic E-state index is 0.161. The maximum Gasteiger partial charge on any atom is 0.360 e. The molecular weight excluding hydrogens is 270 g/mol. The predicted molar refractivity (Wildman–Crippen MR) is 79.3 cm³/mol. The van der Waals surface area contributed by atoms with Crippen LogP contribution < -0.4 is 10.5 Å². The molecule has 0 unspecified atom stereocenters. The van der Waals surface area contributed by atoms with Gasteiger partial charge in [-0.25, -0.2) is 9.78 Å². The van der Waals surface area contributed by atoms with Crippen LogP contribution in [0.15, 0.2) is 30.3 Å². The molecule has 2 rings (SSSR count). The van der Waals surface area contributed by atoms with E-state index in [1.165, 1.54) is 0 Å². The van der Waals surface area contributed by atoms with E-state index in [1.807, 2.05) is 30.3 Å². The van der Waals surface area contributed by atoms with Crippen LogP contribution in [-0.4, -0.2) is 28.7 Å². The summed E-state index contributed by atoms with van der Waals surface area (Å²) in [5, 5.41) is 0. The van der Waals surface area contributed by atoms with Crippen molar-refractivity contribution in [3.05, 3.63) is 41.9 Å². The Labute approximate surface area is 123 Å². The van der Waals surface area contributed by atoms with Crippen LogP contribution >= 0.6 is 0 Å². The lowest BCUT2D eigenvalue weighted by molar-refractivity contribution is 0.0521. The second kappa shape index (κ2) is 6.78. The number of carbonyl (C=O) groups excluding carboxylic acids is 1. The number of ether oxygens (including phenoxy) is 2. The Morgan fingerprint density at radius 3 is 2.71 bits per heavy atom. The number of aromatic nitrogens is 2. The number of benzene rings is 1. The number of nitrogen functional groups attached to an aromatic ring is 1. The summed E-state index contributed by atoms with van der Waals surface area (Å²) < 4.78 is 12.3. The van der Waals surface area contributed by atoms with Gasteiger partial charge in [0.05, 0.1) is 13.2 Å². The van der Waals surface area contributed by atoms with Crippen LogP contribution in [0.1, 0.15) is 23.2 Å². The van der Waals surface area contributed by atoms with Crippen molar-refractivity contribution in [2.45, 2.75) is 20.4 Å². The van der Waals surface area contributed by atoms with Crippen molar-refractivity contribution in [3.8, 4) is 5.75 Å². The number of esters is 1. The summed E-state index contributed by atoms with van der Waals surface area (Å²) in [5.41, 5.74) is 6.12. The van der Waals surface area contributed by atoms with Crippen molar-refractivity contribution < 1.29 is 14.3 Å². The van der Waals surface area contributed by atoms with Gasteiger partial charge in [-0.2, -0.15) is 0 Å². The van der Waals surface area contributed by atoms with E-state index in [0.29, 0.717) is 31.4 Å². The van der Waals surface area contributed by atoms with E-state index in [9.17, 15) is 4.79 Å². The van der Waals surface area contributed by atoms with Gasteiger partial charge in [-0.05, 0) is 26.0 Å². The summed E-state index contributed by atoms with van der Waals surface area (Å²) in [5.74, 6) is 1.26. The number of hydrogen-bond donors (Lipinski definition) is 1. The molecule has 0 aliphatic heterocycles. The van der Waals surface area contributed by atoms with Crippen LogP contribution in [0, 0.1) is 6.92 Å². The van der Waals surface area contributed by atoms with E-state index < -0.39 is 5.97 Å². The zero-order valence-corrected chi connectivity index (χ0v) is 12.2. The average molecular weight is 289 g/mol. The molecule has 1 heterocycles.